The molecule has 0 radical (unpaired) electrons. The number of ketones is 1. The maximum absolute atomic E-state index is 12.3. The fraction of sp³-hybridized carbons (Fsp3) is 0.562. The molecule has 2 aliphatic rings. The van der Waals surface area contributed by atoms with E-state index in [4.69, 9.17) is 5.73 Å². The number of carbonyl (C=O) groups excluding carboxylic acids is 1. The molecule has 0 aliphatic heterocycles. The van der Waals surface area contributed by atoms with Crippen molar-refractivity contribution in [3.05, 3.63) is 35.4 Å². The monoisotopic (exact) mass is 243 g/mol. The van der Waals surface area contributed by atoms with Gasteiger partial charge in [0.1, 0.15) is 0 Å². The summed E-state index contributed by atoms with van der Waals surface area (Å²) in [6.45, 7) is 0. The van der Waals surface area contributed by atoms with Crippen LogP contribution < -0.4 is 5.73 Å². The number of nitrogens with two attached hydrogens (primary N) is 1. The fourth-order valence-electron chi connectivity index (χ4n) is 3.19. The van der Waals surface area contributed by atoms with Crippen LogP contribution in [0.2, 0.25) is 0 Å². The highest BCUT2D eigenvalue weighted by Gasteiger charge is 2.30. The lowest BCUT2D eigenvalue weighted by Gasteiger charge is -2.26. The Labute approximate surface area is 109 Å². The van der Waals surface area contributed by atoms with Crippen LogP contribution in [0.15, 0.2) is 24.3 Å². The van der Waals surface area contributed by atoms with Crippen LogP contribution in [-0.2, 0) is 0 Å². The van der Waals surface area contributed by atoms with Crippen LogP contribution in [0.1, 0.15) is 60.4 Å². The smallest absolute Gasteiger partial charge is 0.167 e. The van der Waals surface area contributed by atoms with Gasteiger partial charge in [-0.3, -0.25) is 4.79 Å². The molecule has 0 bridgehead atoms. The van der Waals surface area contributed by atoms with Gasteiger partial charge in [0.05, 0.1) is 0 Å². The van der Waals surface area contributed by atoms with Gasteiger partial charge in [0.25, 0.3) is 0 Å². The van der Waals surface area contributed by atoms with E-state index in [-0.39, 0.29) is 17.7 Å². The summed E-state index contributed by atoms with van der Waals surface area (Å²) in [7, 11) is 0. The van der Waals surface area contributed by atoms with E-state index in [0.29, 0.717) is 0 Å². The molecule has 3 rings (SSSR count). The molecular weight excluding hydrogens is 222 g/mol. The highest BCUT2D eigenvalue weighted by Crippen LogP contribution is 2.36. The van der Waals surface area contributed by atoms with Gasteiger partial charge in [-0.25, -0.2) is 0 Å². The van der Waals surface area contributed by atoms with Crippen LogP contribution >= 0.6 is 0 Å². The normalized spacial score (nSPS) is 28.1. The molecule has 2 saturated carbocycles. The predicted octanol–water partition coefficient (Wildman–Crippen LogP) is 3.26. The molecule has 0 amide bonds. The van der Waals surface area contributed by atoms with Crippen molar-refractivity contribution in [2.45, 2.75) is 50.5 Å². The highest BCUT2D eigenvalue weighted by molar-refractivity contribution is 5.98. The number of hydrogen-bond acceptors (Lipinski definition) is 2. The minimum Gasteiger partial charge on any atom is -0.327 e. The van der Waals surface area contributed by atoms with Gasteiger partial charge in [0, 0.05) is 17.5 Å². The summed E-state index contributed by atoms with van der Waals surface area (Å²) in [5.74, 6) is 1.04. The van der Waals surface area contributed by atoms with E-state index < -0.39 is 0 Å². The summed E-state index contributed by atoms with van der Waals surface area (Å²) in [6, 6.07) is 8.35. The Bertz CT molecular complexity index is 433. The Morgan fingerprint density at radius 1 is 1.00 bits per heavy atom. The Balaban J connectivity index is 1.73. The van der Waals surface area contributed by atoms with Gasteiger partial charge in [-0.05, 0) is 37.2 Å². The summed E-state index contributed by atoms with van der Waals surface area (Å²) >= 11 is 0. The fourth-order valence-corrected chi connectivity index (χ4v) is 3.19. The van der Waals surface area contributed by atoms with Crippen molar-refractivity contribution >= 4 is 5.78 Å². The van der Waals surface area contributed by atoms with Crippen molar-refractivity contribution < 1.29 is 4.79 Å². The molecule has 2 fully saturated rings. The van der Waals surface area contributed by atoms with E-state index >= 15 is 0 Å². The highest BCUT2D eigenvalue weighted by atomic mass is 16.1. The first-order valence-electron chi connectivity index (χ1n) is 7.15. The molecule has 0 aromatic heterocycles. The van der Waals surface area contributed by atoms with Gasteiger partial charge in [0.2, 0.25) is 0 Å². The lowest BCUT2D eigenvalue weighted by molar-refractivity contribution is 0.0913. The first kappa shape index (κ1) is 11.9. The lowest BCUT2D eigenvalue weighted by Crippen LogP contribution is -2.30. The predicted molar refractivity (Wildman–Crippen MR) is 72.7 cm³/mol. The van der Waals surface area contributed by atoms with Crippen LogP contribution in [0.25, 0.3) is 0 Å². The molecule has 2 atom stereocenters. The third-order valence-electron chi connectivity index (χ3n) is 4.68. The van der Waals surface area contributed by atoms with Gasteiger partial charge in [-0.2, -0.15) is 0 Å². The van der Waals surface area contributed by atoms with Crippen molar-refractivity contribution in [3.8, 4) is 0 Å². The minimum atomic E-state index is 0.0551. The zero-order valence-corrected chi connectivity index (χ0v) is 10.8. The van der Waals surface area contributed by atoms with Gasteiger partial charge in [-0.1, -0.05) is 37.1 Å². The van der Waals surface area contributed by atoms with Gasteiger partial charge < -0.3 is 5.73 Å². The molecule has 2 unspecified atom stereocenters. The summed E-state index contributed by atoms with van der Waals surface area (Å²) in [5, 5.41) is 0. The summed E-state index contributed by atoms with van der Waals surface area (Å²) in [6.07, 6.45) is 7.02. The van der Waals surface area contributed by atoms with Gasteiger partial charge >= 0.3 is 0 Å². The van der Waals surface area contributed by atoms with E-state index in [1.165, 1.54) is 24.8 Å². The minimum absolute atomic E-state index is 0.0551. The van der Waals surface area contributed by atoms with Crippen LogP contribution in [0.3, 0.4) is 0 Å². The zero-order chi connectivity index (χ0) is 12.5. The third kappa shape index (κ3) is 2.10. The molecule has 1 aromatic rings. The van der Waals surface area contributed by atoms with E-state index in [0.717, 1.165) is 30.7 Å². The van der Waals surface area contributed by atoms with E-state index in [1.54, 1.807) is 0 Å². The molecular formula is C16H21NO. The van der Waals surface area contributed by atoms with Crippen molar-refractivity contribution in [2.24, 2.45) is 11.7 Å². The van der Waals surface area contributed by atoms with Crippen LogP contribution in [0.5, 0.6) is 0 Å². The molecule has 18 heavy (non-hydrogen) atoms. The Morgan fingerprint density at radius 3 is 2.17 bits per heavy atom. The number of Topliss-reactive ketones (excluding diaryl/α,β-unsaturated/α-hetero) is 1. The molecule has 0 heterocycles. The second-order valence-corrected chi connectivity index (χ2v) is 5.82. The number of benzene rings is 1. The van der Waals surface area contributed by atoms with Crippen LogP contribution in [-0.4, -0.2) is 11.8 Å². The Morgan fingerprint density at radius 2 is 1.67 bits per heavy atom. The molecule has 1 aromatic carbocycles. The second-order valence-electron chi connectivity index (χ2n) is 5.82. The average molecular weight is 243 g/mol. The van der Waals surface area contributed by atoms with Crippen molar-refractivity contribution in [2.75, 3.05) is 0 Å². The number of hydrogen-bond donors (Lipinski definition) is 1. The lowest BCUT2D eigenvalue weighted by atomic mass is 9.79. The first-order chi connectivity index (χ1) is 8.75. The topological polar surface area (TPSA) is 43.1 Å². The van der Waals surface area contributed by atoms with E-state index in [9.17, 15) is 4.79 Å². The average Bonchev–Trinajstić information content (AvgIpc) is 2.73. The Kier molecular flexibility index (Phi) is 3.21. The maximum Gasteiger partial charge on any atom is 0.167 e. The van der Waals surface area contributed by atoms with E-state index in [2.05, 4.69) is 12.1 Å². The van der Waals surface area contributed by atoms with Crippen LogP contribution in [0, 0.1) is 5.92 Å². The molecule has 2 aliphatic carbocycles. The number of rotatable bonds is 3. The standard InChI is InChI=1S/C16H21NO/c17-15-6-2-5-14(15)16(18)13-9-7-12(8-10-13)11-3-1-4-11/h7-11,14-15H,1-6,17H2. The largest absolute Gasteiger partial charge is 0.327 e. The second kappa shape index (κ2) is 4.85. The van der Waals surface area contributed by atoms with Gasteiger partial charge in [0.15, 0.2) is 5.78 Å². The van der Waals surface area contributed by atoms with Crippen molar-refractivity contribution in [3.63, 3.8) is 0 Å². The molecule has 2 heteroatoms. The molecule has 0 saturated heterocycles. The molecule has 96 valence electrons. The molecule has 2 N–H and O–H groups in total. The van der Waals surface area contributed by atoms with Crippen molar-refractivity contribution in [1.82, 2.24) is 0 Å². The van der Waals surface area contributed by atoms with Gasteiger partial charge in [-0.15, -0.1) is 0 Å². The first-order valence-corrected chi connectivity index (χ1v) is 7.15. The number of carbonyl (C=O) groups is 1. The summed E-state index contributed by atoms with van der Waals surface area (Å²) < 4.78 is 0. The van der Waals surface area contributed by atoms with Crippen molar-refractivity contribution in [1.29, 1.82) is 0 Å². The molecule has 0 spiro atoms. The molecule has 2 nitrogen and oxygen atoms in total. The zero-order valence-electron chi connectivity index (χ0n) is 10.8. The quantitative estimate of drug-likeness (QED) is 0.828. The summed E-state index contributed by atoms with van der Waals surface area (Å²) in [5.41, 5.74) is 8.25. The maximum atomic E-state index is 12.3. The third-order valence-corrected chi connectivity index (χ3v) is 4.68. The summed E-state index contributed by atoms with van der Waals surface area (Å²) in [4.78, 5) is 12.3. The van der Waals surface area contributed by atoms with E-state index in [1.807, 2.05) is 12.1 Å². The van der Waals surface area contributed by atoms with Crippen LogP contribution in [0.4, 0.5) is 0 Å². The Hall–Kier alpha value is -1.15. The SMILES string of the molecule is NC1CCCC1C(=O)c1ccc(C2CCC2)cc1.